The Morgan fingerprint density at radius 1 is 0.634 bits per heavy atom. The van der Waals surface area contributed by atoms with Gasteiger partial charge in [0.2, 0.25) is 0 Å². The number of hydrogen-bond donors (Lipinski definition) is 0. The van der Waals surface area contributed by atoms with Gasteiger partial charge in [0, 0.05) is 0 Å². The molecule has 0 spiro atoms. The van der Waals surface area contributed by atoms with E-state index in [9.17, 15) is 13.2 Å². The van der Waals surface area contributed by atoms with Crippen molar-refractivity contribution in [1.29, 1.82) is 0 Å². The van der Waals surface area contributed by atoms with Gasteiger partial charge in [0.1, 0.15) is 0 Å². The molecule has 0 fully saturated rings. The van der Waals surface area contributed by atoms with Crippen molar-refractivity contribution in [2.45, 2.75) is 24.2 Å². The zero-order chi connectivity index (χ0) is 28.7. The molecular weight excluding hydrogens is 591 g/mol. The van der Waals surface area contributed by atoms with E-state index in [2.05, 4.69) is 0 Å². The minimum absolute atomic E-state index is 0.0235. The van der Waals surface area contributed by atoms with E-state index < -0.39 is 15.8 Å². The monoisotopic (exact) mass is 622 g/mol. The summed E-state index contributed by atoms with van der Waals surface area (Å²) in [5, 5.41) is 0. The number of rotatable bonds is 10. The molecule has 204 valence electrons. The van der Waals surface area contributed by atoms with Gasteiger partial charge in [-0.2, -0.15) is 0 Å². The Morgan fingerprint density at radius 2 is 1.12 bits per heavy atom. The summed E-state index contributed by atoms with van der Waals surface area (Å²) in [6.07, 6.45) is 0.0235. The Bertz CT molecular complexity index is 1730. The molecule has 0 saturated carbocycles. The molecule has 0 aliphatic carbocycles. The average molecular weight is 622 g/mol. The molecular formula is C36H30O3SSe. The van der Waals surface area contributed by atoms with E-state index in [4.69, 9.17) is 0 Å². The van der Waals surface area contributed by atoms with Crippen LogP contribution in [0.2, 0.25) is 0 Å². The Morgan fingerprint density at radius 3 is 1.68 bits per heavy atom. The van der Waals surface area contributed by atoms with Crippen LogP contribution in [0.15, 0.2) is 155 Å². The molecule has 3 nitrogen and oxygen atoms in total. The van der Waals surface area contributed by atoms with E-state index >= 15 is 0 Å². The molecule has 1 atom stereocenters. The molecule has 0 aliphatic rings. The van der Waals surface area contributed by atoms with Crippen LogP contribution in [0, 0.1) is 6.92 Å². The fourth-order valence-corrected chi connectivity index (χ4v) is 9.50. The second kappa shape index (κ2) is 13.1. The topological polar surface area (TPSA) is 51.2 Å². The molecule has 0 amide bonds. The summed E-state index contributed by atoms with van der Waals surface area (Å²) >= 11 is -0.363. The van der Waals surface area contributed by atoms with Crippen LogP contribution in [0.1, 0.15) is 39.4 Å². The van der Waals surface area contributed by atoms with Crippen LogP contribution in [0.5, 0.6) is 0 Å². The predicted molar refractivity (Wildman–Crippen MR) is 168 cm³/mol. The molecule has 5 aromatic rings. The molecule has 0 aromatic heterocycles. The Labute approximate surface area is 248 Å². The van der Waals surface area contributed by atoms with E-state index in [1.165, 1.54) is 0 Å². The number of ketones is 1. The summed E-state index contributed by atoms with van der Waals surface area (Å²) in [4.78, 5) is 14.3. The zero-order valence-corrected chi connectivity index (χ0v) is 25.2. The van der Waals surface area contributed by atoms with Crippen molar-refractivity contribution in [3.8, 4) is 0 Å². The summed E-state index contributed by atoms with van der Waals surface area (Å²) in [5.41, 5.74) is 3.18. The van der Waals surface area contributed by atoms with E-state index in [1.807, 2.05) is 128 Å². The maximum absolute atomic E-state index is 14.8. The number of hydrogen-bond acceptors (Lipinski definition) is 3. The first kappa shape index (κ1) is 28.5. The van der Waals surface area contributed by atoms with Gasteiger partial charge in [-0.25, -0.2) is 0 Å². The van der Waals surface area contributed by atoms with Gasteiger partial charge in [-0.3, -0.25) is 0 Å². The van der Waals surface area contributed by atoms with Crippen LogP contribution < -0.4 is 4.46 Å². The third kappa shape index (κ3) is 6.83. The van der Waals surface area contributed by atoms with Crippen molar-refractivity contribution in [3.63, 3.8) is 0 Å². The molecule has 0 N–H and O–H groups in total. The van der Waals surface area contributed by atoms with E-state index in [1.54, 1.807) is 24.3 Å². The molecule has 0 heterocycles. The van der Waals surface area contributed by atoms with Gasteiger partial charge in [0.15, 0.2) is 0 Å². The van der Waals surface area contributed by atoms with Gasteiger partial charge in [-0.15, -0.1) is 0 Å². The summed E-state index contributed by atoms with van der Waals surface area (Å²) in [6.45, 7) is 1.94. The van der Waals surface area contributed by atoms with Crippen molar-refractivity contribution >= 4 is 39.5 Å². The number of aryl methyl sites for hydroxylation is 1. The Balaban J connectivity index is 1.81. The number of carbonyl (C=O) groups is 1. The van der Waals surface area contributed by atoms with Crippen molar-refractivity contribution < 1.29 is 13.2 Å². The average Bonchev–Trinajstić information content (AvgIpc) is 3.02. The predicted octanol–water partition coefficient (Wildman–Crippen LogP) is 7.22. The van der Waals surface area contributed by atoms with Gasteiger partial charge in [-0.1, -0.05) is 0 Å². The molecule has 41 heavy (non-hydrogen) atoms. The Hall–Kier alpha value is -4.02. The molecule has 1 unspecified atom stereocenters. The zero-order valence-electron chi connectivity index (χ0n) is 22.7. The second-order valence-corrected chi connectivity index (χ2v) is 13.9. The van der Waals surface area contributed by atoms with E-state index in [0.717, 1.165) is 25.6 Å². The third-order valence-corrected chi connectivity index (χ3v) is 11.5. The van der Waals surface area contributed by atoms with Crippen LogP contribution in [-0.4, -0.2) is 29.2 Å². The summed E-state index contributed by atoms with van der Waals surface area (Å²) in [7, 11) is -4.02. The molecule has 5 heteroatoms. The maximum atomic E-state index is 14.8. The van der Waals surface area contributed by atoms with Gasteiger partial charge in [0.05, 0.1) is 0 Å². The number of sulfone groups is 1. The van der Waals surface area contributed by atoms with Crippen molar-refractivity contribution in [2.24, 2.45) is 0 Å². The molecule has 5 aromatic carbocycles. The Kier molecular flexibility index (Phi) is 9.11. The van der Waals surface area contributed by atoms with Crippen LogP contribution >= 0.6 is 0 Å². The van der Waals surface area contributed by atoms with Gasteiger partial charge >= 0.3 is 250 Å². The first-order chi connectivity index (χ1) is 19.9. The van der Waals surface area contributed by atoms with Gasteiger partial charge in [-0.05, 0) is 0 Å². The SMILES string of the molecule is Cc1ccc(S(=O)(=O)/C(=C(\[Se]c2ccccc2)c2ccccc2)C(CC(=O)c2ccccc2)c2ccccc2)cc1. The van der Waals surface area contributed by atoms with Crippen LogP contribution in [0.3, 0.4) is 0 Å². The fourth-order valence-electron chi connectivity index (χ4n) is 4.73. The quantitative estimate of drug-likeness (QED) is 0.122. The third-order valence-electron chi connectivity index (χ3n) is 6.85. The molecule has 0 aliphatic heterocycles. The summed E-state index contributed by atoms with van der Waals surface area (Å²) < 4.78 is 31.4. The fraction of sp³-hybridized carbons (Fsp3) is 0.0833. The number of benzene rings is 5. The van der Waals surface area contributed by atoms with Crippen molar-refractivity contribution in [2.75, 3.05) is 0 Å². The second-order valence-electron chi connectivity index (χ2n) is 9.75. The first-order valence-electron chi connectivity index (χ1n) is 13.4. The van der Waals surface area contributed by atoms with Crippen LogP contribution in [0.4, 0.5) is 0 Å². The standard InChI is InChI=1S/C36H30O3SSe/c1-27-22-24-31(25-23-27)40(38,39)35(36(30-18-10-4-11-19-30)41-32-20-12-5-13-21-32)33(28-14-6-2-7-15-28)26-34(37)29-16-8-3-9-17-29/h2-25,33H,26H2,1H3/b36-35-. The summed E-state index contributed by atoms with van der Waals surface area (Å²) in [5.74, 6) is -0.785. The number of carbonyl (C=O) groups excluding carboxylic acids is 1. The van der Waals surface area contributed by atoms with Crippen molar-refractivity contribution in [3.05, 3.63) is 173 Å². The normalized spacial score (nSPS) is 12.8. The molecule has 0 bridgehead atoms. The molecule has 0 radical (unpaired) electrons. The summed E-state index contributed by atoms with van der Waals surface area (Å²) in [6, 6.07) is 45.3. The van der Waals surface area contributed by atoms with Crippen molar-refractivity contribution in [1.82, 2.24) is 0 Å². The van der Waals surface area contributed by atoms with Crippen LogP contribution in [0.25, 0.3) is 4.47 Å². The number of Topliss-reactive ketones (excluding diaryl/α,β-unsaturated/α-hetero) is 1. The molecule has 0 saturated heterocycles. The van der Waals surface area contributed by atoms with Gasteiger partial charge in [0.25, 0.3) is 0 Å². The van der Waals surface area contributed by atoms with Crippen LogP contribution in [-0.2, 0) is 9.84 Å². The van der Waals surface area contributed by atoms with E-state index in [-0.39, 0.29) is 37.0 Å². The first-order valence-corrected chi connectivity index (χ1v) is 16.6. The van der Waals surface area contributed by atoms with E-state index in [0.29, 0.717) is 5.56 Å². The van der Waals surface area contributed by atoms with Gasteiger partial charge < -0.3 is 0 Å². The number of allylic oxidation sites excluding steroid dienone is 1. The molecule has 5 rings (SSSR count). The minimum atomic E-state index is -4.02.